The van der Waals surface area contributed by atoms with Crippen LogP contribution in [0.4, 0.5) is 0 Å². The van der Waals surface area contributed by atoms with E-state index >= 15 is 0 Å². The number of nitrogens with one attached hydrogen (secondary N) is 1. The summed E-state index contributed by atoms with van der Waals surface area (Å²) in [6.07, 6.45) is 5.24. The molecule has 1 aromatic carbocycles. The summed E-state index contributed by atoms with van der Waals surface area (Å²) in [6.45, 7) is 5.90. The number of phenols is 1. The minimum Gasteiger partial charge on any atom is -0.508 e. The van der Waals surface area contributed by atoms with Gasteiger partial charge in [0.2, 0.25) is 12.7 Å². The Bertz CT molecular complexity index is 1330. The fourth-order valence-electron chi connectivity index (χ4n) is 7.08. The predicted molar refractivity (Wildman–Crippen MR) is 147 cm³/mol. The third kappa shape index (κ3) is 5.38. The van der Waals surface area contributed by atoms with E-state index in [1.165, 1.54) is 6.26 Å². The van der Waals surface area contributed by atoms with Gasteiger partial charge in [-0.1, -0.05) is 13.0 Å². The number of rotatable bonds is 7. The number of aromatic hydroxyl groups is 1. The van der Waals surface area contributed by atoms with Crippen LogP contribution in [0.2, 0.25) is 0 Å². The fourth-order valence-corrected chi connectivity index (χ4v) is 7.08. The SMILES string of the molecule is C/C=C(\O)C1=C(C2=COCO2)[C@H](CNC(=O)CCC)N2C(C1)[C@H]1c3c(cc(C)c(OC)c3O)C[C@@H]([C@@H]2C#N)N1C.[Ac]. The van der Waals surface area contributed by atoms with Crippen LogP contribution in [0, 0.1) is 62.3 Å². The number of aryl methyl sites for hydroxylation is 1. The van der Waals surface area contributed by atoms with Gasteiger partial charge in [-0.15, -0.1) is 0 Å². The summed E-state index contributed by atoms with van der Waals surface area (Å²) in [5, 5.41) is 36.4. The molecule has 0 aromatic heterocycles. The van der Waals surface area contributed by atoms with Crippen LogP contribution >= 0.6 is 0 Å². The van der Waals surface area contributed by atoms with Gasteiger partial charge < -0.3 is 29.7 Å². The fraction of sp³-hybridized carbons (Fsp3) is 0.533. The van der Waals surface area contributed by atoms with Crippen LogP contribution < -0.4 is 10.1 Å². The summed E-state index contributed by atoms with van der Waals surface area (Å²) >= 11 is 0. The van der Waals surface area contributed by atoms with Gasteiger partial charge >= 0.3 is 0 Å². The van der Waals surface area contributed by atoms with Crippen LogP contribution in [0.3, 0.4) is 0 Å². The molecule has 1 saturated heterocycles. The zero-order chi connectivity index (χ0) is 28.7. The van der Waals surface area contributed by atoms with Crippen LogP contribution in [0.5, 0.6) is 11.5 Å². The third-order valence-corrected chi connectivity index (χ3v) is 8.74. The van der Waals surface area contributed by atoms with E-state index in [1.54, 1.807) is 20.1 Å². The molecule has 11 heteroatoms. The molecule has 4 aliphatic rings. The molecular weight excluding hydrogens is 739 g/mol. The second kappa shape index (κ2) is 13.0. The number of fused-ring (bicyclic) bond motifs is 6. The monoisotopic (exact) mass is 777 g/mol. The van der Waals surface area contributed by atoms with Gasteiger partial charge in [-0.25, -0.2) is 0 Å². The second-order valence-electron chi connectivity index (χ2n) is 10.9. The minimum atomic E-state index is -0.524. The Balaban J connectivity index is 0.00000387. The predicted octanol–water partition coefficient (Wildman–Crippen LogP) is 3.48. The molecule has 0 saturated carbocycles. The second-order valence-corrected chi connectivity index (χ2v) is 10.9. The maximum atomic E-state index is 12.7. The number of ether oxygens (including phenoxy) is 3. The van der Waals surface area contributed by atoms with E-state index < -0.39 is 12.1 Å². The summed E-state index contributed by atoms with van der Waals surface area (Å²) < 4.78 is 16.8. The number of carbonyl (C=O) groups is 1. The first-order chi connectivity index (χ1) is 19.3. The smallest absolute Gasteiger partial charge is 0.230 e. The van der Waals surface area contributed by atoms with Crippen molar-refractivity contribution >= 4 is 5.91 Å². The number of nitrogens with zero attached hydrogens (tertiary/aromatic N) is 3. The van der Waals surface area contributed by atoms with Crippen molar-refractivity contribution in [3.8, 4) is 17.6 Å². The van der Waals surface area contributed by atoms with E-state index in [4.69, 9.17) is 14.2 Å². The number of piperazine rings is 1. The van der Waals surface area contributed by atoms with E-state index in [9.17, 15) is 20.3 Å². The molecule has 3 N–H and O–H groups in total. The number of hydrogen-bond donors (Lipinski definition) is 3. The molecule has 10 nitrogen and oxygen atoms in total. The molecule has 0 spiro atoms. The summed E-state index contributed by atoms with van der Waals surface area (Å²) in [5.74, 6) is 1.06. The van der Waals surface area contributed by atoms with Crippen LogP contribution in [-0.4, -0.2) is 77.6 Å². The molecule has 1 unspecified atom stereocenters. The number of aliphatic hydroxyl groups excluding tert-OH is 1. The number of likely N-dealkylation sites (N-methyl/N-ethyl adjacent to an activating group) is 1. The Morgan fingerprint density at radius 3 is 2.71 bits per heavy atom. The number of methoxy groups -OCH3 is 1. The van der Waals surface area contributed by atoms with Crippen molar-refractivity contribution in [2.24, 2.45) is 0 Å². The van der Waals surface area contributed by atoms with Gasteiger partial charge in [-0.2, -0.15) is 5.26 Å². The van der Waals surface area contributed by atoms with E-state index in [2.05, 4.69) is 27.3 Å². The molecule has 217 valence electrons. The largest absolute Gasteiger partial charge is 0.508 e. The van der Waals surface area contributed by atoms with Gasteiger partial charge in [0.05, 0.1) is 25.3 Å². The topological polar surface area (TPSA) is 128 Å². The van der Waals surface area contributed by atoms with Gasteiger partial charge in [0.15, 0.2) is 17.3 Å². The Morgan fingerprint density at radius 1 is 1.34 bits per heavy atom. The van der Waals surface area contributed by atoms with Crippen LogP contribution in [0.25, 0.3) is 0 Å². The van der Waals surface area contributed by atoms with Gasteiger partial charge in [-0.05, 0) is 57.4 Å². The van der Waals surface area contributed by atoms with Crippen molar-refractivity contribution in [2.75, 3.05) is 27.5 Å². The van der Waals surface area contributed by atoms with Gasteiger partial charge in [0.1, 0.15) is 18.1 Å². The quantitative estimate of drug-likeness (QED) is 0.357. The van der Waals surface area contributed by atoms with E-state index in [0.29, 0.717) is 48.3 Å². The molecule has 41 heavy (non-hydrogen) atoms. The number of aliphatic hydroxyl groups is 1. The molecule has 1 amide bonds. The normalized spacial score (nSPS) is 27.4. The van der Waals surface area contributed by atoms with Gasteiger partial charge in [-0.3, -0.25) is 14.6 Å². The van der Waals surface area contributed by atoms with Crippen LogP contribution in [-0.2, 0) is 20.7 Å². The molecule has 0 aliphatic carbocycles. The molecule has 4 aliphatic heterocycles. The van der Waals surface area contributed by atoms with Crippen molar-refractivity contribution < 1.29 is 73.3 Å². The first-order valence-corrected chi connectivity index (χ1v) is 13.9. The molecule has 1 fully saturated rings. The number of nitriles is 1. The van der Waals surface area contributed by atoms with E-state index in [0.717, 1.165) is 16.7 Å². The number of phenolic OH excluding ortho intramolecular Hbond substituents is 1. The molecule has 4 heterocycles. The van der Waals surface area contributed by atoms with Crippen molar-refractivity contribution in [1.82, 2.24) is 15.1 Å². The average Bonchev–Trinajstić information content (AvgIpc) is 3.46. The Kier molecular flexibility index (Phi) is 10.0. The summed E-state index contributed by atoms with van der Waals surface area (Å²) in [6, 6.07) is 2.86. The summed E-state index contributed by atoms with van der Waals surface area (Å²) in [4.78, 5) is 17.0. The van der Waals surface area contributed by atoms with Crippen molar-refractivity contribution in [2.45, 2.75) is 76.7 Å². The van der Waals surface area contributed by atoms with E-state index in [1.807, 2.05) is 20.9 Å². The maximum absolute atomic E-state index is 12.7. The Labute approximate surface area is 277 Å². The minimum absolute atomic E-state index is 0. The molecule has 1 aromatic rings. The number of hydrogen-bond acceptors (Lipinski definition) is 9. The first kappa shape index (κ1) is 31.7. The Morgan fingerprint density at radius 2 is 2.10 bits per heavy atom. The number of allylic oxidation sites excluding steroid dienone is 2. The Hall–Kier alpha value is -2.24. The number of carbonyl (C=O) groups excluding carboxylic acids is 1. The summed E-state index contributed by atoms with van der Waals surface area (Å²) in [7, 11) is 3.54. The van der Waals surface area contributed by atoms with Crippen molar-refractivity contribution in [3.63, 3.8) is 0 Å². The number of amides is 1. The van der Waals surface area contributed by atoms with Crippen LogP contribution in [0.15, 0.2) is 41.1 Å². The number of benzene rings is 1. The van der Waals surface area contributed by atoms with Crippen molar-refractivity contribution in [1.29, 1.82) is 5.26 Å². The first-order valence-electron chi connectivity index (χ1n) is 13.9. The van der Waals surface area contributed by atoms with Gasteiger partial charge in [0.25, 0.3) is 0 Å². The zero-order valence-electron chi connectivity index (χ0n) is 24.3. The third-order valence-electron chi connectivity index (χ3n) is 8.74. The molecule has 1 radical (unpaired) electrons. The zero-order valence-corrected chi connectivity index (χ0v) is 29.1. The standard InChI is InChI=1S/C30H38N4O6.Ac/c1-6-8-25(36)32-13-22-27(24-14-39-15-40-24)18(23(35)7-2)11-20-28-26-17(9-16(3)30(38-5)29(26)37)10-19(33(28)4)21(12-31)34(20)22;/h7,9,14,19-22,28,35,37H,6,8,10-11,13,15H2,1-5H3,(H,32,36);/b23-7-;/t19-,20?,21-,22-,28-;/m0./s1. The molecule has 5 atom stereocenters. The van der Waals surface area contributed by atoms with E-state index in [-0.39, 0.29) is 92.9 Å². The maximum Gasteiger partial charge on any atom is 0.230 e. The summed E-state index contributed by atoms with van der Waals surface area (Å²) in [5.41, 5.74) is 3.99. The van der Waals surface area contributed by atoms with Crippen LogP contribution in [0.1, 0.15) is 55.8 Å². The van der Waals surface area contributed by atoms with Gasteiger partial charge in [0, 0.05) is 85.8 Å². The molecule has 5 rings (SSSR count). The molecular formula is C30H38AcN4O6. The average molecular weight is 778 g/mol. The van der Waals surface area contributed by atoms with Crippen molar-refractivity contribution in [3.05, 3.63) is 57.8 Å². The molecule has 2 bridgehead atoms.